The molecule has 1 aromatic rings. The summed E-state index contributed by atoms with van der Waals surface area (Å²) in [6.07, 6.45) is 5.79. The predicted octanol–water partition coefficient (Wildman–Crippen LogP) is 1.41. The molecule has 0 heterocycles. The molecule has 2 rings (SSSR count). The molecule has 110 valence electrons. The van der Waals surface area contributed by atoms with Gasteiger partial charge in [-0.2, -0.15) is 0 Å². The molecule has 0 saturated carbocycles. The van der Waals surface area contributed by atoms with E-state index < -0.39 is 22.6 Å². The third-order valence-corrected chi connectivity index (χ3v) is 3.28. The lowest BCUT2D eigenvalue weighted by atomic mass is 9.77. The van der Waals surface area contributed by atoms with Gasteiger partial charge < -0.3 is 15.1 Å². The largest absolute Gasteiger partial charge is 0.481 e. The third kappa shape index (κ3) is 2.92. The van der Waals surface area contributed by atoms with Gasteiger partial charge in [0.2, 0.25) is 0 Å². The second kappa shape index (κ2) is 5.76. The van der Waals surface area contributed by atoms with Crippen molar-refractivity contribution in [3.63, 3.8) is 0 Å². The summed E-state index contributed by atoms with van der Waals surface area (Å²) < 4.78 is 0. The molecule has 1 aliphatic carbocycles. The molecular weight excluding hydrogens is 278 g/mol. The van der Waals surface area contributed by atoms with Gasteiger partial charge in [0.25, 0.3) is 5.09 Å². The second-order valence-electron chi connectivity index (χ2n) is 4.54. The topological polar surface area (TPSA) is 110 Å². The van der Waals surface area contributed by atoms with Crippen LogP contribution in [0, 0.1) is 16.0 Å². The summed E-state index contributed by atoms with van der Waals surface area (Å²) in [5.74, 6) is -2.37. The fraction of sp³-hybridized carbons (Fsp3) is 0.214. The molecule has 0 amide bonds. The number of rotatable bonds is 5. The smallest absolute Gasteiger partial charge is 0.314 e. The van der Waals surface area contributed by atoms with Crippen LogP contribution >= 0.6 is 0 Å². The fourth-order valence-electron chi connectivity index (χ4n) is 2.31. The fourth-order valence-corrected chi connectivity index (χ4v) is 2.31. The van der Waals surface area contributed by atoms with Crippen LogP contribution in [0.3, 0.4) is 0 Å². The average molecular weight is 291 g/mol. The maximum atomic E-state index is 11.3. The number of carboxylic acids is 1. The molecule has 0 aliphatic heterocycles. The van der Waals surface area contributed by atoms with Gasteiger partial charge in [0.05, 0.1) is 0 Å². The van der Waals surface area contributed by atoms with Crippen LogP contribution in [0.2, 0.25) is 0 Å². The zero-order valence-electron chi connectivity index (χ0n) is 10.9. The molecule has 7 nitrogen and oxygen atoms in total. The SMILES string of the molecule is O=C(O)C1C=CC=CC1(O)c1ccccc1CO[N+](=O)[O-]. The molecular formula is C14H13NO6. The van der Waals surface area contributed by atoms with Gasteiger partial charge in [-0.05, 0) is 17.2 Å². The highest BCUT2D eigenvalue weighted by atomic mass is 16.9. The minimum absolute atomic E-state index is 0.264. The minimum Gasteiger partial charge on any atom is -0.481 e. The number of allylic oxidation sites excluding steroid dienone is 2. The molecule has 1 aromatic carbocycles. The molecule has 2 atom stereocenters. The Hall–Kier alpha value is -2.67. The van der Waals surface area contributed by atoms with Crippen LogP contribution in [0.5, 0.6) is 0 Å². The first kappa shape index (κ1) is 14.7. The van der Waals surface area contributed by atoms with E-state index in [2.05, 4.69) is 4.84 Å². The van der Waals surface area contributed by atoms with Gasteiger partial charge in [-0.25, -0.2) is 0 Å². The number of carbonyl (C=O) groups is 1. The van der Waals surface area contributed by atoms with Crippen molar-refractivity contribution in [3.05, 3.63) is 69.8 Å². The van der Waals surface area contributed by atoms with Crippen molar-refractivity contribution >= 4 is 5.97 Å². The van der Waals surface area contributed by atoms with Gasteiger partial charge in [-0.1, -0.05) is 42.5 Å². The molecule has 0 radical (unpaired) electrons. The van der Waals surface area contributed by atoms with Gasteiger partial charge >= 0.3 is 5.97 Å². The van der Waals surface area contributed by atoms with Gasteiger partial charge in [0.1, 0.15) is 18.1 Å². The minimum atomic E-state index is -1.78. The van der Waals surface area contributed by atoms with Crippen LogP contribution < -0.4 is 0 Å². The lowest BCUT2D eigenvalue weighted by Crippen LogP contribution is -2.39. The molecule has 1 aliphatic rings. The Morgan fingerprint density at radius 3 is 2.76 bits per heavy atom. The van der Waals surface area contributed by atoms with Crippen LogP contribution in [0.15, 0.2) is 48.6 Å². The monoisotopic (exact) mass is 291 g/mol. The van der Waals surface area contributed by atoms with E-state index >= 15 is 0 Å². The van der Waals surface area contributed by atoms with Crippen molar-refractivity contribution in [1.29, 1.82) is 0 Å². The highest BCUT2D eigenvalue weighted by Crippen LogP contribution is 2.37. The Morgan fingerprint density at radius 2 is 2.10 bits per heavy atom. The summed E-state index contributed by atoms with van der Waals surface area (Å²) in [6.45, 7) is -0.366. The molecule has 0 aromatic heterocycles. The number of hydrogen-bond donors (Lipinski definition) is 2. The number of benzene rings is 1. The summed E-state index contributed by atoms with van der Waals surface area (Å²) in [6, 6.07) is 6.32. The maximum absolute atomic E-state index is 11.3. The standard InChI is InChI=1S/C14H13NO6/c16-13(17)12-7-3-4-8-14(12,18)11-6-2-1-5-10(11)9-21-15(19)20/h1-8,12,18H,9H2,(H,16,17). The number of carboxylic acid groups (broad SMARTS) is 1. The Kier molecular flexibility index (Phi) is 4.04. The lowest BCUT2D eigenvalue weighted by Gasteiger charge is -2.33. The van der Waals surface area contributed by atoms with E-state index in [4.69, 9.17) is 0 Å². The molecule has 0 spiro atoms. The van der Waals surface area contributed by atoms with Crippen molar-refractivity contribution in [2.45, 2.75) is 12.2 Å². The maximum Gasteiger partial charge on any atom is 0.314 e. The van der Waals surface area contributed by atoms with Crippen LogP contribution in [-0.4, -0.2) is 21.3 Å². The van der Waals surface area contributed by atoms with Crippen LogP contribution in [0.1, 0.15) is 11.1 Å². The predicted molar refractivity (Wildman–Crippen MR) is 71.5 cm³/mol. The molecule has 7 heteroatoms. The van der Waals surface area contributed by atoms with Crippen molar-refractivity contribution in [1.82, 2.24) is 0 Å². The molecule has 0 bridgehead atoms. The summed E-state index contributed by atoms with van der Waals surface area (Å²) in [5, 5.41) is 29.4. The van der Waals surface area contributed by atoms with E-state index in [0.29, 0.717) is 5.56 Å². The van der Waals surface area contributed by atoms with E-state index in [1.165, 1.54) is 30.4 Å². The first-order valence-corrected chi connectivity index (χ1v) is 6.12. The van der Waals surface area contributed by atoms with Crippen molar-refractivity contribution < 1.29 is 24.9 Å². The molecule has 2 N–H and O–H groups in total. The Morgan fingerprint density at radius 1 is 1.38 bits per heavy atom. The van der Waals surface area contributed by atoms with Crippen molar-refractivity contribution in [2.24, 2.45) is 5.92 Å². The highest BCUT2D eigenvalue weighted by molar-refractivity contribution is 5.75. The van der Waals surface area contributed by atoms with Gasteiger partial charge in [-0.3, -0.25) is 4.79 Å². The van der Waals surface area contributed by atoms with E-state index in [9.17, 15) is 25.1 Å². The second-order valence-corrected chi connectivity index (χ2v) is 4.54. The van der Waals surface area contributed by atoms with Crippen molar-refractivity contribution in [2.75, 3.05) is 0 Å². The first-order valence-electron chi connectivity index (χ1n) is 6.12. The van der Waals surface area contributed by atoms with E-state index in [1.54, 1.807) is 18.2 Å². The van der Waals surface area contributed by atoms with Gasteiger partial charge in [-0.15, -0.1) is 10.1 Å². The molecule has 0 fully saturated rings. The summed E-state index contributed by atoms with van der Waals surface area (Å²) in [4.78, 5) is 26.0. The summed E-state index contributed by atoms with van der Waals surface area (Å²) in [5.41, 5.74) is -1.17. The van der Waals surface area contributed by atoms with E-state index in [-0.39, 0.29) is 12.2 Å². The molecule has 0 saturated heterocycles. The number of nitrogens with zero attached hydrogens (tertiary/aromatic N) is 1. The highest BCUT2D eigenvalue weighted by Gasteiger charge is 2.41. The van der Waals surface area contributed by atoms with Gasteiger partial charge in [0, 0.05) is 0 Å². The average Bonchev–Trinajstić information content (AvgIpc) is 2.45. The van der Waals surface area contributed by atoms with E-state index in [1.807, 2.05) is 0 Å². The number of aliphatic hydroxyl groups is 1. The van der Waals surface area contributed by atoms with Crippen LogP contribution in [0.4, 0.5) is 0 Å². The zero-order chi connectivity index (χ0) is 15.5. The third-order valence-electron chi connectivity index (χ3n) is 3.28. The van der Waals surface area contributed by atoms with Crippen molar-refractivity contribution in [3.8, 4) is 0 Å². The van der Waals surface area contributed by atoms with Crippen LogP contribution in [-0.2, 0) is 21.8 Å². The Balaban J connectivity index is 2.44. The summed E-state index contributed by atoms with van der Waals surface area (Å²) >= 11 is 0. The van der Waals surface area contributed by atoms with Crippen LogP contribution in [0.25, 0.3) is 0 Å². The normalized spacial score (nSPS) is 23.8. The lowest BCUT2D eigenvalue weighted by molar-refractivity contribution is -0.763. The van der Waals surface area contributed by atoms with Gasteiger partial charge in [0.15, 0.2) is 0 Å². The number of aliphatic carboxylic acids is 1. The molecule has 21 heavy (non-hydrogen) atoms. The first-order chi connectivity index (χ1) is 9.95. The Labute approximate surface area is 119 Å². The number of hydrogen-bond acceptors (Lipinski definition) is 5. The summed E-state index contributed by atoms with van der Waals surface area (Å²) in [7, 11) is 0. The molecule has 2 unspecified atom stereocenters. The van der Waals surface area contributed by atoms with E-state index in [0.717, 1.165) is 0 Å². The Bertz CT molecular complexity index is 624. The zero-order valence-corrected chi connectivity index (χ0v) is 10.9. The quantitative estimate of drug-likeness (QED) is 0.627.